The number of hydrogen-bond donors (Lipinski definition) is 0. The molecule has 1 fully saturated rings. The third-order valence-corrected chi connectivity index (χ3v) is 5.44. The largest absolute Gasteiger partial charge is 0.378 e. The van der Waals surface area contributed by atoms with Gasteiger partial charge in [0.05, 0.1) is 6.10 Å². The Morgan fingerprint density at radius 1 is 1.39 bits per heavy atom. The van der Waals surface area contributed by atoms with Gasteiger partial charge in [0.1, 0.15) is 0 Å². The highest BCUT2D eigenvalue weighted by Gasteiger charge is 2.51. The molecule has 0 unspecified atom stereocenters. The third-order valence-electron chi connectivity index (χ3n) is 5.44. The van der Waals surface area contributed by atoms with E-state index in [1.807, 2.05) is 60.9 Å². The Balaban J connectivity index is 1.86. The van der Waals surface area contributed by atoms with E-state index in [2.05, 4.69) is 13.8 Å². The van der Waals surface area contributed by atoms with E-state index in [9.17, 15) is 4.79 Å². The molecule has 1 aliphatic rings. The Hall–Kier alpha value is -1.81. The fourth-order valence-electron chi connectivity index (χ4n) is 3.83. The van der Waals surface area contributed by atoms with E-state index in [1.165, 1.54) is 0 Å². The summed E-state index contributed by atoms with van der Waals surface area (Å²) in [4.78, 5) is 14.9. The standard InChI is InChI=1S/C19H26N2O2/c1-6-23-17-12-16(19(17,2)3)21(5)18(22)14-8-7-9-15-13(14)10-11-20(15)4/h7-11,16-17H,6,12H2,1-5H3/t16-,17-/m0/s1. The van der Waals surface area contributed by atoms with Gasteiger partial charge in [0.2, 0.25) is 0 Å². The number of amides is 1. The molecular weight excluding hydrogens is 288 g/mol. The summed E-state index contributed by atoms with van der Waals surface area (Å²) in [6, 6.07) is 8.16. The maximum atomic E-state index is 13.0. The summed E-state index contributed by atoms with van der Waals surface area (Å²) in [6.45, 7) is 7.12. The zero-order valence-electron chi connectivity index (χ0n) is 14.7. The summed E-state index contributed by atoms with van der Waals surface area (Å²) >= 11 is 0. The molecule has 23 heavy (non-hydrogen) atoms. The van der Waals surface area contributed by atoms with Crippen molar-refractivity contribution in [1.82, 2.24) is 9.47 Å². The van der Waals surface area contributed by atoms with Crippen molar-refractivity contribution in [2.24, 2.45) is 12.5 Å². The number of benzene rings is 1. The molecule has 0 saturated heterocycles. The van der Waals surface area contributed by atoms with E-state index >= 15 is 0 Å². The second-order valence-corrected chi connectivity index (χ2v) is 7.10. The SMILES string of the molecule is CCO[C@H]1C[C@H](N(C)C(=O)c2cccc3c2ccn3C)C1(C)C. The normalized spacial score (nSPS) is 22.8. The summed E-state index contributed by atoms with van der Waals surface area (Å²) < 4.78 is 7.84. The van der Waals surface area contributed by atoms with Crippen LogP contribution in [0.3, 0.4) is 0 Å². The lowest BCUT2D eigenvalue weighted by Gasteiger charge is -2.54. The average Bonchev–Trinajstić information content (AvgIpc) is 2.91. The highest BCUT2D eigenvalue weighted by Crippen LogP contribution is 2.45. The summed E-state index contributed by atoms with van der Waals surface area (Å²) in [5, 5.41) is 1.02. The van der Waals surface area contributed by atoms with Gasteiger partial charge in [-0.05, 0) is 31.5 Å². The number of rotatable bonds is 4. The van der Waals surface area contributed by atoms with Gasteiger partial charge in [-0.25, -0.2) is 0 Å². The van der Waals surface area contributed by atoms with Crippen LogP contribution in [-0.4, -0.2) is 41.2 Å². The number of aromatic nitrogens is 1. The van der Waals surface area contributed by atoms with E-state index in [-0.39, 0.29) is 23.5 Å². The lowest BCUT2D eigenvalue weighted by Crippen LogP contribution is -2.62. The smallest absolute Gasteiger partial charge is 0.254 e. The van der Waals surface area contributed by atoms with Gasteiger partial charge < -0.3 is 14.2 Å². The van der Waals surface area contributed by atoms with E-state index in [1.54, 1.807) is 0 Å². The second kappa shape index (κ2) is 5.68. The molecule has 0 aliphatic heterocycles. The first-order valence-electron chi connectivity index (χ1n) is 8.30. The van der Waals surface area contributed by atoms with Crippen molar-refractivity contribution >= 4 is 16.8 Å². The van der Waals surface area contributed by atoms with E-state index in [0.29, 0.717) is 0 Å². The number of nitrogens with zero attached hydrogens (tertiary/aromatic N) is 2. The van der Waals surface area contributed by atoms with Crippen molar-refractivity contribution < 1.29 is 9.53 Å². The van der Waals surface area contributed by atoms with Crippen LogP contribution in [0.1, 0.15) is 37.6 Å². The maximum absolute atomic E-state index is 13.0. The quantitative estimate of drug-likeness (QED) is 0.866. The van der Waals surface area contributed by atoms with Crippen LogP contribution in [0.15, 0.2) is 30.5 Å². The minimum atomic E-state index is -0.00892. The molecule has 1 aliphatic carbocycles. The Morgan fingerprint density at radius 3 is 2.78 bits per heavy atom. The van der Waals surface area contributed by atoms with Crippen molar-refractivity contribution in [3.8, 4) is 0 Å². The van der Waals surface area contributed by atoms with Gasteiger partial charge in [-0.1, -0.05) is 19.9 Å². The van der Waals surface area contributed by atoms with E-state index < -0.39 is 0 Å². The number of ether oxygens (including phenoxy) is 1. The summed E-state index contributed by atoms with van der Waals surface area (Å²) in [6.07, 6.45) is 3.15. The van der Waals surface area contributed by atoms with Crippen LogP contribution >= 0.6 is 0 Å². The number of aryl methyl sites for hydroxylation is 1. The second-order valence-electron chi connectivity index (χ2n) is 7.10. The molecule has 1 aromatic heterocycles. The molecule has 0 radical (unpaired) electrons. The Kier molecular flexibility index (Phi) is 3.96. The summed E-state index contributed by atoms with van der Waals surface area (Å²) in [5.74, 6) is 0.0924. The molecule has 1 aromatic carbocycles. The molecule has 2 atom stereocenters. The van der Waals surface area contributed by atoms with Crippen LogP contribution in [0, 0.1) is 5.41 Å². The van der Waals surface area contributed by atoms with Crippen molar-refractivity contribution in [3.63, 3.8) is 0 Å². The third kappa shape index (κ3) is 2.45. The first-order chi connectivity index (χ1) is 10.9. The van der Waals surface area contributed by atoms with Gasteiger partial charge in [0, 0.05) is 54.8 Å². The minimum Gasteiger partial charge on any atom is -0.378 e. The van der Waals surface area contributed by atoms with Crippen molar-refractivity contribution in [1.29, 1.82) is 0 Å². The van der Waals surface area contributed by atoms with Crippen molar-refractivity contribution in [3.05, 3.63) is 36.0 Å². The Morgan fingerprint density at radius 2 is 2.13 bits per heavy atom. The molecular formula is C19H26N2O2. The van der Waals surface area contributed by atoms with Crippen LogP contribution in [0.5, 0.6) is 0 Å². The van der Waals surface area contributed by atoms with Gasteiger partial charge in [0.15, 0.2) is 0 Å². The zero-order chi connectivity index (χ0) is 16.8. The number of fused-ring (bicyclic) bond motifs is 1. The first-order valence-corrected chi connectivity index (χ1v) is 8.30. The van der Waals surface area contributed by atoms with Crippen molar-refractivity contribution in [2.45, 2.75) is 39.3 Å². The maximum Gasteiger partial charge on any atom is 0.254 e. The molecule has 0 N–H and O–H groups in total. The molecule has 4 heteroatoms. The number of carbonyl (C=O) groups excluding carboxylic acids is 1. The lowest BCUT2D eigenvalue weighted by molar-refractivity contribution is -0.136. The van der Waals surface area contributed by atoms with Gasteiger partial charge in [-0.15, -0.1) is 0 Å². The van der Waals surface area contributed by atoms with Crippen LogP contribution in [0.2, 0.25) is 0 Å². The highest BCUT2D eigenvalue weighted by atomic mass is 16.5. The molecule has 124 valence electrons. The number of hydrogen-bond acceptors (Lipinski definition) is 2. The minimum absolute atomic E-state index is 0.00892. The van der Waals surface area contributed by atoms with Gasteiger partial charge in [-0.2, -0.15) is 0 Å². The highest BCUT2D eigenvalue weighted by molar-refractivity contribution is 6.06. The average molecular weight is 314 g/mol. The van der Waals surface area contributed by atoms with Crippen LogP contribution < -0.4 is 0 Å². The zero-order valence-corrected chi connectivity index (χ0v) is 14.7. The molecule has 4 nitrogen and oxygen atoms in total. The van der Waals surface area contributed by atoms with Gasteiger partial charge >= 0.3 is 0 Å². The Labute approximate surface area is 138 Å². The van der Waals surface area contributed by atoms with Gasteiger partial charge in [0.25, 0.3) is 5.91 Å². The lowest BCUT2D eigenvalue weighted by atomic mass is 9.63. The fraction of sp³-hybridized carbons (Fsp3) is 0.526. The Bertz CT molecular complexity index is 732. The monoisotopic (exact) mass is 314 g/mol. The predicted octanol–water partition coefficient (Wildman–Crippen LogP) is 3.45. The van der Waals surface area contributed by atoms with E-state index in [4.69, 9.17) is 4.74 Å². The predicted molar refractivity (Wildman–Crippen MR) is 92.6 cm³/mol. The first kappa shape index (κ1) is 16.1. The summed E-state index contributed by atoms with van der Waals surface area (Å²) in [7, 11) is 3.92. The van der Waals surface area contributed by atoms with Crippen LogP contribution in [0.4, 0.5) is 0 Å². The fourth-order valence-corrected chi connectivity index (χ4v) is 3.83. The molecule has 1 saturated carbocycles. The van der Waals surface area contributed by atoms with Gasteiger partial charge in [-0.3, -0.25) is 4.79 Å². The molecule has 0 spiro atoms. The summed E-state index contributed by atoms with van der Waals surface area (Å²) in [5.41, 5.74) is 1.86. The molecule has 1 amide bonds. The van der Waals surface area contributed by atoms with Crippen LogP contribution in [0.25, 0.3) is 10.9 Å². The number of carbonyl (C=O) groups is 1. The topological polar surface area (TPSA) is 34.5 Å². The van der Waals surface area contributed by atoms with Crippen LogP contribution in [-0.2, 0) is 11.8 Å². The van der Waals surface area contributed by atoms with E-state index in [0.717, 1.165) is 29.5 Å². The molecule has 3 rings (SSSR count). The van der Waals surface area contributed by atoms with Crippen molar-refractivity contribution in [2.75, 3.05) is 13.7 Å². The molecule has 2 aromatic rings. The molecule has 1 heterocycles. The molecule has 0 bridgehead atoms.